The number of β-amino-alcohol motifs (C(OH)–C–C–N with tert-alkyl or cyclic N) is 1. The lowest BCUT2D eigenvalue weighted by atomic mass is 10.1. The predicted molar refractivity (Wildman–Crippen MR) is 79.5 cm³/mol. The van der Waals surface area contributed by atoms with E-state index in [0.717, 1.165) is 26.2 Å². The molecule has 0 saturated carbocycles. The van der Waals surface area contributed by atoms with Gasteiger partial charge in [0.05, 0.1) is 17.4 Å². The van der Waals surface area contributed by atoms with Crippen LogP contribution in [0.1, 0.15) is 19.4 Å². The van der Waals surface area contributed by atoms with Crippen molar-refractivity contribution >= 4 is 11.7 Å². The number of hydrogen-bond donors (Lipinski definition) is 3. The highest BCUT2D eigenvalue weighted by Gasteiger charge is 2.25. The molecule has 0 atom stereocenters. The highest BCUT2D eigenvalue weighted by atomic mass is 16.4. The third kappa shape index (κ3) is 4.02. The maximum Gasteiger partial charge on any atom is 0.173 e. The lowest BCUT2D eigenvalue weighted by Gasteiger charge is -2.38. The van der Waals surface area contributed by atoms with Crippen LogP contribution in [0.2, 0.25) is 0 Å². The molecule has 1 aliphatic heterocycles. The Labute approximate surface area is 123 Å². The standard InChI is InChI=1S/C13H22N6O2/c1-13(2,20)9-18-5-7-19(8-6-18)12-10(11(14)17-21)3-4-15-16-12/h3-4,20-21H,5-9H2,1-2H3,(H2,14,17). The van der Waals surface area contributed by atoms with Crippen molar-refractivity contribution in [2.75, 3.05) is 37.6 Å². The molecule has 1 saturated heterocycles. The van der Waals surface area contributed by atoms with Crippen LogP contribution in [0.3, 0.4) is 0 Å². The van der Waals surface area contributed by atoms with Crippen LogP contribution in [0, 0.1) is 0 Å². The molecule has 0 aromatic carbocycles. The third-order valence-electron chi connectivity index (χ3n) is 3.37. The van der Waals surface area contributed by atoms with Gasteiger partial charge in [0, 0.05) is 32.7 Å². The SMILES string of the molecule is CC(C)(O)CN1CCN(c2nnccc2/C(N)=N/O)CC1. The molecule has 2 heterocycles. The fraction of sp³-hybridized carbons (Fsp3) is 0.615. The van der Waals surface area contributed by atoms with E-state index in [1.165, 1.54) is 6.20 Å². The Morgan fingerprint density at radius 2 is 2.05 bits per heavy atom. The van der Waals surface area contributed by atoms with Gasteiger partial charge in [-0.05, 0) is 19.9 Å². The van der Waals surface area contributed by atoms with E-state index in [2.05, 4.69) is 25.2 Å². The van der Waals surface area contributed by atoms with Gasteiger partial charge in [-0.15, -0.1) is 5.10 Å². The summed E-state index contributed by atoms with van der Waals surface area (Å²) >= 11 is 0. The molecule has 0 aliphatic carbocycles. The summed E-state index contributed by atoms with van der Waals surface area (Å²) in [5.74, 6) is 0.648. The van der Waals surface area contributed by atoms with E-state index in [9.17, 15) is 5.11 Å². The average Bonchev–Trinajstić information content (AvgIpc) is 2.45. The van der Waals surface area contributed by atoms with E-state index in [0.29, 0.717) is 17.9 Å². The zero-order valence-corrected chi connectivity index (χ0v) is 12.4. The van der Waals surface area contributed by atoms with E-state index in [1.807, 2.05) is 0 Å². The molecule has 0 radical (unpaired) electrons. The van der Waals surface area contributed by atoms with Crippen molar-refractivity contribution in [3.63, 3.8) is 0 Å². The normalized spacial score (nSPS) is 18.0. The lowest BCUT2D eigenvalue weighted by Crippen LogP contribution is -2.51. The first kappa shape index (κ1) is 15.5. The van der Waals surface area contributed by atoms with Crippen molar-refractivity contribution < 1.29 is 10.3 Å². The molecule has 116 valence electrons. The first-order chi connectivity index (χ1) is 9.90. The van der Waals surface area contributed by atoms with Gasteiger partial charge >= 0.3 is 0 Å². The van der Waals surface area contributed by atoms with Gasteiger partial charge in [-0.1, -0.05) is 5.16 Å². The van der Waals surface area contributed by atoms with Crippen LogP contribution >= 0.6 is 0 Å². The fourth-order valence-electron chi connectivity index (χ4n) is 2.48. The minimum absolute atomic E-state index is 0.0267. The summed E-state index contributed by atoms with van der Waals surface area (Å²) in [7, 11) is 0. The van der Waals surface area contributed by atoms with Gasteiger partial charge in [-0.25, -0.2) is 0 Å². The summed E-state index contributed by atoms with van der Waals surface area (Å²) in [6, 6.07) is 1.68. The quantitative estimate of drug-likeness (QED) is 0.296. The van der Waals surface area contributed by atoms with Crippen LogP contribution in [0.25, 0.3) is 0 Å². The zero-order valence-electron chi connectivity index (χ0n) is 12.4. The van der Waals surface area contributed by atoms with Gasteiger partial charge in [0.15, 0.2) is 11.7 Å². The number of amidine groups is 1. The number of aromatic nitrogens is 2. The number of hydrogen-bond acceptors (Lipinski definition) is 7. The topological polar surface area (TPSA) is 111 Å². The van der Waals surface area contributed by atoms with Gasteiger partial charge in [0.1, 0.15) is 0 Å². The van der Waals surface area contributed by atoms with Gasteiger partial charge in [-0.2, -0.15) is 5.10 Å². The molecular formula is C13H22N6O2. The van der Waals surface area contributed by atoms with Crippen molar-refractivity contribution in [2.24, 2.45) is 10.9 Å². The first-order valence-electron chi connectivity index (χ1n) is 6.90. The minimum Gasteiger partial charge on any atom is -0.409 e. The Kier molecular flexibility index (Phi) is 4.59. The molecule has 2 rings (SSSR count). The number of oxime groups is 1. The van der Waals surface area contributed by atoms with Crippen molar-refractivity contribution in [3.05, 3.63) is 17.8 Å². The van der Waals surface area contributed by atoms with Crippen molar-refractivity contribution in [1.29, 1.82) is 0 Å². The zero-order chi connectivity index (χ0) is 15.5. The lowest BCUT2D eigenvalue weighted by molar-refractivity contribution is 0.0344. The van der Waals surface area contributed by atoms with Gasteiger partial charge < -0.3 is 20.9 Å². The summed E-state index contributed by atoms with van der Waals surface area (Å²) < 4.78 is 0. The summed E-state index contributed by atoms with van der Waals surface area (Å²) in [6.45, 7) is 7.37. The Bertz CT molecular complexity index is 506. The summed E-state index contributed by atoms with van der Waals surface area (Å²) in [4.78, 5) is 4.26. The third-order valence-corrected chi connectivity index (χ3v) is 3.37. The highest BCUT2D eigenvalue weighted by molar-refractivity contribution is 6.01. The molecule has 0 unspecified atom stereocenters. The maximum atomic E-state index is 9.86. The summed E-state index contributed by atoms with van der Waals surface area (Å²) in [6.07, 6.45) is 1.52. The smallest absolute Gasteiger partial charge is 0.173 e. The molecular weight excluding hydrogens is 272 g/mol. The number of piperazine rings is 1. The molecule has 1 aromatic heterocycles. The maximum absolute atomic E-state index is 9.86. The second-order valence-corrected chi connectivity index (χ2v) is 5.83. The number of anilines is 1. The van der Waals surface area contributed by atoms with Crippen molar-refractivity contribution in [3.8, 4) is 0 Å². The van der Waals surface area contributed by atoms with Crippen LogP contribution in [0.4, 0.5) is 5.82 Å². The second kappa shape index (κ2) is 6.23. The molecule has 4 N–H and O–H groups in total. The Morgan fingerprint density at radius 1 is 1.38 bits per heavy atom. The van der Waals surface area contributed by atoms with Gasteiger partial charge in [0.2, 0.25) is 0 Å². The van der Waals surface area contributed by atoms with Crippen LogP contribution < -0.4 is 10.6 Å². The van der Waals surface area contributed by atoms with Gasteiger partial charge in [-0.3, -0.25) is 4.90 Å². The molecule has 0 spiro atoms. The van der Waals surface area contributed by atoms with Crippen LogP contribution in [0.5, 0.6) is 0 Å². The molecule has 8 nitrogen and oxygen atoms in total. The van der Waals surface area contributed by atoms with E-state index >= 15 is 0 Å². The molecule has 1 aliphatic rings. The predicted octanol–water partition coefficient (Wildman–Crippen LogP) is -0.536. The van der Waals surface area contributed by atoms with Crippen LogP contribution in [-0.2, 0) is 0 Å². The minimum atomic E-state index is -0.701. The molecule has 0 amide bonds. The number of aliphatic hydroxyl groups is 1. The molecule has 0 bridgehead atoms. The van der Waals surface area contributed by atoms with E-state index in [4.69, 9.17) is 10.9 Å². The number of nitrogens with two attached hydrogens (primary N) is 1. The molecule has 1 aromatic rings. The van der Waals surface area contributed by atoms with Crippen LogP contribution in [-0.4, -0.2) is 69.6 Å². The fourth-order valence-corrected chi connectivity index (χ4v) is 2.48. The van der Waals surface area contributed by atoms with Crippen LogP contribution in [0.15, 0.2) is 17.4 Å². The average molecular weight is 294 g/mol. The van der Waals surface area contributed by atoms with Gasteiger partial charge in [0.25, 0.3) is 0 Å². The molecule has 1 fully saturated rings. The highest BCUT2D eigenvalue weighted by Crippen LogP contribution is 2.18. The van der Waals surface area contributed by atoms with Crippen molar-refractivity contribution in [1.82, 2.24) is 15.1 Å². The largest absolute Gasteiger partial charge is 0.409 e. The number of rotatable bonds is 4. The molecule has 8 heteroatoms. The first-order valence-corrected chi connectivity index (χ1v) is 6.90. The Hall–Kier alpha value is -1.93. The monoisotopic (exact) mass is 294 g/mol. The van der Waals surface area contributed by atoms with E-state index in [1.54, 1.807) is 19.9 Å². The summed E-state index contributed by atoms with van der Waals surface area (Å²) in [5.41, 5.74) is 5.55. The Balaban J connectivity index is 2.06. The molecule has 21 heavy (non-hydrogen) atoms. The van der Waals surface area contributed by atoms with E-state index < -0.39 is 5.60 Å². The van der Waals surface area contributed by atoms with Crippen molar-refractivity contribution in [2.45, 2.75) is 19.4 Å². The Morgan fingerprint density at radius 3 is 2.62 bits per heavy atom. The summed E-state index contributed by atoms with van der Waals surface area (Å²) in [5, 5.41) is 29.7. The van der Waals surface area contributed by atoms with E-state index in [-0.39, 0.29) is 5.84 Å². The second-order valence-electron chi connectivity index (χ2n) is 5.83. The number of nitrogens with zero attached hydrogens (tertiary/aromatic N) is 5.